The molecule has 4 aromatic rings. The number of benzene rings is 1. The maximum absolute atomic E-state index is 4.59. The molecule has 7 heteroatoms. The third kappa shape index (κ3) is 2.71. The number of rotatable bonds is 5. The molecule has 0 aliphatic carbocycles. The van der Waals surface area contributed by atoms with E-state index in [1.54, 1.807) is 0 Å². The first-order valence-corrected chi connectivity index (χ1v) is 8.64. The van der Waals surface area contributed by atoms with Gasteiger partial charge < -0.3 is 10.3 Å². The molecule has 0 bridgehead atoms. The van der Waals surface area contributed by atoms with Gasteiger partial charge in [0.05, 0.1) is 5.52 Å². The van der Waals surface area contributed by atoms with Crippen molar-refractivity contribution in [2.75, 3.05) is 5.32 Å². The van der Waals surface area contributed by atoms with E-state index in [4.69, 9.17) is 0 Å². The fraction of sp³-hybridized carbons (Fsp3) is 0.333. The lowest BCUT2D eigenvalue weighted by molar-refractivity contribution is 0.646. The highest BCUT2D eigenvalue weighted by molar-refractivity contribution is 5.95. The monoisotopic (exact) mass is 335 g/mol. The van der Waals surface area contributed by atoms with Crippen molar-refractivity contribution in [2.24, 2.45) is 0 Å². The molecule has 3 aromatic heterocycles. The standard InChI is InChI=1S/C18H21N7/c1-4-11(3)21-18-20-10-14-13(9-19-17(14)22-18)12-6-7-15-16(8-12)25(5-2)24-23-15/h6-11H,4-5H2,1-3H3,(H2,19,20,21,22). The van der Waals surface area contributed by atoms with Crippen LogP contribution in [-0.4, -0.2) is 36.0 Å². The lowest BCUT2D eigenvalue weighted by Crippen LogP contribution is -2.15. The van der Waals surface area contributed by atoms with E-state index in [-0.39, 0.29) is 0 Å². The SMILES string of the molecule is CCC(C)Nc1ncc2c(-c3ccc4nnn(CC)c4c3)c[nH]c2n1. The van der Waals surface area contributed by atoms with E-state index >= 15 is 0 Å². The van der Waals surface area contributed by atoms with Gasteiger partial charge in [-0.25, -0.2) is 9.67 Å². The van der Waals surface area contributed by atoms with Gasteiger partial charge in [0.15, 0.2) is 0 Å². The van der Waals surface area contributed by atoms with E-state index in [0.29, 0.717) is 12.0 Å². The van der Waals surface area contributed by atoms with Crippen LogP contribution in [-0.2, 0) is 6.54 Å². The van der Waals surface area contributed by atoms with Gasteiger partial charge in [-0.1, -0.05) is 18.2 Å². The number of nitrogens with zero attached hydrogens (tertiary/aromatic N) is 5. The van der Waals surface area contributed by atoms with Crippen LogP contribution in [0.3, 0.4) is 0 Å². The van der Waals surface area contributed by atoms with Crippen molar-refractivity contribution in [3.05, 3.63) is 30.6 Å². The molecular weight excluding hydrogens is 314 g/mol. The number of aromatic amines is 1. The summed E-state index contributed by atoms with van der Waals surface area (Å²) in [6.45, 7) is 7.11. The zero-order valence-electron chi connectivity index (χ0n) is 14.6. The molecule has 3 heterocycles. The number of fused-ring (bicyclic) bond motifs is 2. The van der Waals surface area contributed by atoms with Crippen LogP contribution in [0.1, 0.15) is 27.2 Å². The van der Waals surface area contributed by atoms with Gasteiger partial charge in [-0.15, -0.1) is 5.10 Å². The molecule has 2 N–H and O–H groups in total. The molecular formula is C18H21N7. The molecule has 0 aliphatic rings. The highest BCUT2D eigenvalue weighted by atomic mass is 15.4. The summed E-state index contributed by atoms with van der Waals surface area (Å²) in [5.41, 5.74) is 4.95. The van der Waals surface area contributed by atoms with Crippen LogP contribution < -0.4 is 5.32 Å². The van der Waals surface area contributed by atoms with Crippen molar-refractivity contribution in [3.63, 3.8) is 0 Å². The normalized spacial score (nSPS) is 12.8. The van der Waals surface area contributed by atoms with Crippen LogP contribution in [0.25, 0.3) is 33.2 Å². The molecule has 1 unspecified atom stereocenters. The van der Waals surface area contributed by atoms with E-state index in [0.717, 1.165) is 46.2 Å². The summed E-state index contributed by atoms with van der Waals surface area (Å²) in [7, 11) is 0. The fourth-order valence-corrected chi connectivity index (χ4v) is 2.90. The summed E-state index contributed by atoms with van der Waals surface area (Å²) in [5.74, 6) is 0.652. The zero-order chi connectivity index (χ0) is 17.4. The lowest BCUT2D eigenvalue weighted by atomic mass is 10.1. The quantitative estimate of drug-likeness (QED) is 0.582. The van der Waals surface area contributed by atoms with Gasteiger partial charge in [-0.3, -0.25) is 0 Å². The summed E-state index contributed by atoms with van der Waals surface area (Å²) in [4.78, 5) is 12.3. The maximum Gasteiger partial charge on any atom is 0.224 e. The summed E-state index contributed by atoms with van der Waals surface area (Å²) in [5, 5.41) is 12.7. The minimum Gasteiger partial charge on any atom is -0.352 e. The number of H-pyrrole nitrogens is 1. The van der Waals surface area contributed by atoms with Gasteiger partial charge in [0, 0.05) is 35.9 Å². The van der Waals surface area contributed by atoms with Crippen LogP contribution in [0.15, 0.2) is 30.6 Å². The first-order valence-electron chi connectivity index (χ1n) is 8.64. The van der Waals surface area contributed by atoms with Gasteiger partial charge >= 0.3 is 0 Å². The number of aryl methyl sites for hydroxylation is 1. The molecule has 0 radical (unpaired) electrons. The summed E-state index contributed by atoms with van der Waals surface area (Å²) >= 11 is 0. The Morgan fingerprint density at radius 1 is 1.28 bits per heavy atom. The minimum atomic E-state index is 0.344. The predicted octanol–water partition coefficient (Wildman–Crippen LogP) is 3.60. The molecule has 0 saturated heterocycles. The van der Waals surface area contributed by atoms with Crippen molar-refractivity contribution in [1.82, 2.24) is 29.9 Å². The first-order chi connectivity index (χ1) is 12.2. The van der Waals surface area contributed by atoms with Gasteiger partial charge in [0.25, 0.3) is 0 Å². The summed E-state index contributed by atoms with van der Waals surface area (Å²) in [6, 6.07) is 6.52. The highest BCUT2D eigenvalue weighted by Crippen LogP contribution is 2.29. The van der Waals surface area contributed by atoms with Crippen LogP contribution in [0.4, 0.5) is 5.95 Å². The van der Waals surface area contributed by atoms with Crippen LogP contribution in [0, 0.1) is 0 Å². The largest absolute Gasteiger partial charge is 0.352 e. The van der Waals surface area contributed by atoms with Crippen molar-refractivity contribution >= 4 is 28.0 Å². The molecule has 0 spiro atoms. The summed E-state index contributed by atoms with van der Waals surface area (Å²) < 4.78 is 1.90. The molecule has 1 atom stereocenters. The topological polar surface area (TPSA) is 84.3 Å². The van der Waals surface area contributed by atoms with E-state index in [1.807, 2.05) is 23.1 Å². The number of nitrogens with one attached hydrogen (secondary N) is 2. The van der Waals surface area contributed by atoms with Gasteiger partial charge in [0.1, 0.15) is 11.2 Å². The molecule has 128 valence electrons. The van der Waals surface area contributed by atoms with E-state index < -0.39 is 0 Å². The van der Waals surface area contributed by atoms with E-state index in [2.05, 4.69) is 63.5 Å². The molecule has 25 heavy (non-hydrogen) atoms. The second-order valence-corrected chi connectivity index (χ2v) is 6.22. The van der Waals surface area contributed by atoms with Crippen LogP contribution >= 0.6 is 0 Å². The first kappa shape index (κ1) is 15.6. The molecule has 1 aromatic carbocycles. The predicted molar refractivity (Wildman–Crippen MR) is 99.5 cm³/mol. The molecule has 0 amide bonds. The van der Waals surface area contributed by atoms with Crippen molar-refractivity contribution in [3.8, 4) is 11.1 Å². The Kier molecular flexibility index (Phi) is 3.83. The van der Waals surface area contributed by atoms with Gasteiger partial charge in [-0.2, -0.15) is 4.98 Å². The molecule has 4 rings (SSSR count). The van der Waals surface area contributed by atoms with Crippen molar-refractivity contribution in [1.29, 1.82) is 0 Å². The Morgan fingerprint density at radius 3 is 2.96 bits per heavy atom. The molecule has 0 fully saturated rings. The average molecular weight is 335 g/mol. The third-order valence-electron chi connectivity index (χ3n) is 4.54. The Morgan fingerprint density at radius 2 is 2.16 bits per heavy atom. The second kappa shape index (κ2) is 6.16. The number of aromatic nitrogens is 6. The number of hydrogen-bond donors (Lipinski definition) is 2. The second-order valence-electron chi connectivity index (χ2n) is 6.22. The maximum atomic E-state index is 4.59. The third-order valence-corrected chi connectivity index (χ3v) is 4.54. The Balaban J connectivity index is 1.76. The van der Waals surface area contributed by atoms with Gasteiger partial charge in [-0.05, 0) is 38.0 Å². The Labute approximate surface area is 145 Å². The zero-order valence-corrected chi connectivity index (χ0v) is 14.6. The van der Waals surface area contributed by atoms with E-state index in [1.165, 1.54) is 0 Å². The Hall–Kier alpha value is -2.96. The molecule has 0 saturated carbocycles. The lowest BCUT2D eigenvalue weighted by Gasteiger charge is -2.10. The van der Waals surface area contributed by atoms with E-state index in [9.17, 15) is 0 Å². The number of hydrogen-bond acceptors (Lipinski definition) is 5. The number of anilines is 1. The molecule has 0 aliphatic heterocycles. The summed E-state index contributed by atoms with van der Waals surface area (Å²) in [6.07, 6.45) is 4.88. The average Bonchev–Trinajstić information content (AvgIpc) is 3.24. The smallest absolute Gasteiger partial charge is 0.224 e. The van der Waals surface area contributed by atoms with Crippen LogP contribution in [0.2, 0.25) is 0 Å². The van der Waals surface area contributed by atoms with Gasteiger partial charge in [0.2, 0.25) is 5.95 Å². The fourth-order valence-electron chi connectivity index (χ4n) is 2.90. The van der Waals surface area contributed by atoms with Crippen molar-refractivity contribution < 1.29 is 0 Å². The van der Waals surface area contributed by atoms with Crippen molar-refractivity contribution in [2.45, 2.75) is 39.8 Å². The Bertz CT molecular complexity index is 1030. The molecule has 7 nitrogen and oxygen atoms in total. The highest BCUT2D eigenvalue weighted by Gasteiger charge is 2.12. The van der Waals surface area contributed by atoms with Crippen LogP contribution in [0.5, 0.6) is 0 Å². The minimum absolute atomic E-state index is 0.344.